The van der Waals surface area contributed by atoms with E-state index in [1.54, 1.807) is 0 Å². The third-order valence-corrected chi connectivity index (χ3v) is 3.93. The van der Waals surface area contributed by atoms with Gasteiger partial charge in [-0.15, -0.1) is 0 Å². The van der Waals surface area contributed by atoms with Gasteiger partial charge in [0.1, 0.15) is 0 Å². The van der Waals surface area contributed by atoms with Crippen LogP contribution in [0.25, 0.3) is 0 Å². The Balaban J connectivity index is 1.82. The number of nitrogens with zero attached hydrogens (tertiary/aromatic N) is 1. The minimum Gasteiger partial charge on any atom is -0.381 e. The zero-order chi connectivity index (χ0) is 14.1. The largest absolute Gasteiger partial charge is 0.381 e. The van der Waals surface area contributed by atoms with Gasteiger partial charge in [-0.05, 0) is 43.9 Å². The van der Waals surface area contributed by atoms with Crippen molar-refractivity contribution in [2.24, 2.45) is 0 Å². The highest BCUT2D eigenvalue weighted by molar-refractivity contribution is 5.94. The summed E-state index contributed by atoms with van der Waals surface area (Å²) in [6.45, 7) is 1.30. The molecule has 0 N–H and O–H groups in total. The number of benzene rings is 1. The molecule has 0 atom stereocenters. The summed E-state index contributed by atoms with van der Waals surface area (Å²) in [4.78, 5) is 14.4. The average Bonchev–Trinajstić information content (AvgIpc) is 3.28. The van der Waals surface area contributed by atoms with E-state index in [9.17, 15) is 13.6 Å². The van der Waals surface area contributed by atoms with Crippen LogP contribution in [-0.2, 0) is 4.74 Å². The maximum atomic E-state index is 13.3. The molecule has 3 nitrogen and oxygen atoms in total. The highest BCUT2D eigenvalue weighted by Gasteiger charge is 2.38. The molecule has 3 rings (SSSR count). The van der Waals surface area contributed by atoms with Crippen molar-refractivity contribution in [3.05, 3.63) is 35.4 Å². The Morgan fingerprint density at radius 2 is 1.70 bits per heavy atom. The first-order chi connectivity index (χ1) is 9.66. The van der Waals surface area contributed by atoms with Crippen LogP contribution >= 0.6 is 0 Å². The number of rotatable bonds is 3. The second-order valence-corrected chi connectivity index (χ2v) is 5.42. The third kappa shape index (κ3) is 2.68. The summed E-state index contributed by atoms with van der Waals surface area (Å²) in [5, 5.41) is 0. The molecule has 1 aromatic carbocycles. The Morgan fingerprint density at radius 3 is 2.30 bits per heavy atom. The molecule has 20 heavy (non-hydrogen) atoms. The molecule has 0 spiro atoms. The van der Waals surface area contributed by atoms with Crippen LogP contribution in [0.3, 0.4) is 0 Å². The van der Waals surface area contributed by atoms with Crippen molar-refractivity contribution in [2.75, 3.05) is 13.2 Å². The normalized spacial score (nSPS) is 19.9. The predicted octanol–water partition coefficient (Wildman–Crippen LogP) is 2.75. The summed E-state index contributed by atoms with van der Waals surface area (Å²) in [5.41, 5.74) is 0.224. The molecule has 0 aromatic heterocycles. The highest BCUT2D eigenvalue weighted by atomic mass is 19.2. The number of ether oxygens (including phenoxy) is 1. The maximum Gasteiger partial charge on any atom is 0.254 e. The summed E-state index contributed by atoms with van der Waals surface area (Å²) in [7, 11) is 0. The fourth-order valence-corrected chi connectivity index (χ4v) is 2.72. The van der Waals surface area contributed by atoms with Crippen LogP contribution in [0.4, 0.5) is 8.78 Å². The minimum atomic E-state index is -0.974. The molecule has 1 amide bonds. The molecular formula is C15H17F2NO2. The fourth-order valence-electron chi connectivity index (χ4n) is 2.72. The van der Waals surface area contributed by atoms with Gasteiger partial charge in [0, 0.05) is 30.9 Å². The van der Waals surface area contributed by atoms with E-state index in [1.807, 2.05) is 4.90 Å². The molecule has 2 fully saturated rings. The van der Waals surface area contributed by atoms with Gasteiger partial charge in [0.15, 0.2) is 11.6 Å². The summed E-state index contributed by atoms with van der Waals surface area (Å²) in [6, 6.07) is 3.76. The molecule has 1 saturated carbocycles. The molecule has 1 aliphatic heterocycles. The van der Waals surface area contributed by atoms with E-state index in [-0.39, 0.29) is 23.6 Å². The summed E-state index contributed by atoms with van der Waals surface area (Å²) in [5.74, 6) is -2.09. The van der Waals surface area contributed by atoms with Crippen molar-refractivity contribution >= 4 is 5.91 Å². The number of hydrogen-bond acceptors (Lipinski definition) is 2. The lowest BCUT2D eigenvalue weighted by atomic mass is 10.0. The topological polar surface area (TPSA) is 29.5 Å². The van der Waals surface area contributed by atoms with Gasteiger partial charge in [-0.25, -0.2) is 8.78 Å². The molecule has 2 aliphatic rings. The number of amides is 1. The Labute approximate surface area is 116 Å². The van der Waals surface area contributed by atoms with E-state index < -0.39 is 11.6 Å². The van der Waals surface area contributed by atoms with Gasteiger partial charge in [-0.3, -0.25) is 4.79 Å². The van der Waals surface area contributed by atoms with E-state index in [0.717, 1.165) is 37.8 Å². The van der Waals surface area contributed by atoms with Gasteiger partial charge >= 0.3 is 0 Å². The lowest BCUT2D eigenvalue weighted by Crippen LogP contribution is -2.44. The first-order valence-electron chi connectivity index (χ1n) is 7.02. The van der Waals surface area contributed by atoms with Crippen LogP contribution in [0.5, 0.6) is 0 Å². The van der Waals surface area contributed by atoms with Crippen LogP contribution in [0, 0.1) is 11.6 Å². The molecule has 108 valence electrons. The Kier molecular flexibility index (Phi) is 3.70. The van der Waals surface area contributed by atoms with E-state index in [0.29, 0.717) is 13.2 Å². The molecular weight excluding hydrogens is 264 g/mol. The van der Waals surface area contributed by atoms with Gasteiger partial charge in [-0.1, -0.05) is 0 Å². The fraction of sp³-hybridized carbons (Fsp3) is 0.533. The van der Waals surface area contributed by atoms with Crippen molar-refractivity contribution in [1.29, 1.82) is 0 Å². The Morgan fingerprint density at radius 1 is 1.05 bits per heavy atom. The van der Waals surface area contributed by atoms with Gasteiger partial charge in [0.05, 0.1) is 0 Å². The quantitative estimate of drug-likeness (QED) is 0.852. The zero-order valence-electron chi connectivity index (χ0n) is 11.1. The Hall–Kier alpha value is -1.49. The first kappa shape index (κ1) is 13.5. The number of halogens is 2. The number of hydrogen-bond donors (Lipinski definition) is 0. The predicted molar refractivity (Wildman–Crippen MR) is 69.4 cm³/mol. The molecule has 0 radical (unpaired) electrons. The van der Waals surface area contributed by atoms with Crippen LogP contribution in [0.1, 0.15) is 36.0 Å². The molecule has 5 heteroatoms. The SMILES string of the molecule is O=C(c1ccc(F)c(F)c1)N(C1CCOCC1)C1CC1. The van der Waals surface area contributed by atoms with Crippen molar-refractivity contribution in [1.82, 2.24) is 4.90 Å². The lowest BCUT2D eigenvalue weighted by molar-refractivity contribution is 0.0267. The smallest absolute Gasteiger partial charge is 0.254 e. The van der Waals surface area contributed by atoms with Crippen molar-refractivity contribution in [3.8, 4) is 0 Å². The van der Waals surface area contributed by atoms with Gasteiger partial charge < -0.3 is 9.64 Å². The van der Waals surface area contributed by atoms with Crippen LogP contribution < -0.4 is 0 Å². The standard InChI is InChI=1S/C15H17F2NO2/c16-13-4-1-10(9-14(13)17)15(19)18(11-2-3-11)12-5-7-20-8-6-12/h1,4,9,11-12H,2-3,5-8H2. The van der Waals surface area contributed by atoms with Crippen molar-refractivity contribution < 1.29 is 18.3 Å². The highest BCUT2D eigenvalue weighted by Crippen LogP contribution is 2.33. The molecule has 1 aromatic rings. The monoisotopic (exact) mass is 281 g/mol. The van der Waals surface area contributed by atoms with Crippen molar-refractivity contribution in [3.63, 3.8) is 0 Å². The van der Waals surface area contributed by atoms with E-state index in [4.69, 9.17) is 4.74 Å². The Bertz CT molecular complexity index is 511. The lowest BCUT2D eigenvalue weighted by Gasteiger charge is -2.34. The zero-order valence-corrected chi connectivity index (χ0v) is 11.1. The summed E-state index contributed by atoms with van der Waals surface area (Å²) >= 11 is 0. The molecule has 0 bridgehead atoms. The van der Waals surface area contributed by atoms with Crippen LogP contribution in [0.2, 0.25) is 0 Å². The second-order valence-electron chi connectivity index (χ2n) is 5.42. The van der Waals surface area contributed by atoms with Gasteiger partial charge in [0.25, 0.3) is 5.91 Å². The summed E-state index contributed by atoms with van der Waals surface area (Å²) in [6.07, 6.45) is 3.61. The minimum absolute atomic E-state index is 0.150. The summed E-state index contributed by atoms with van der Waals surface area (Å²) < 4.78 is 31.6. The number of carbonyl (C=O) groups excluding carboxylic acids is 1. The van der Waals surface area contributed by atoms with E-state index >= 15 is 0 Å². The molecule has 1 heterocycles. The van der Waals surface area contributed by atoms with Crippen LogP contribution in [0.15, 0.2) is 18.2 Å². The average molecular weight is 281 g/mol. The van der Waals surface area contributed by atoms with Gasteiger partial charge in [-0.2, -0.15) is 0 Å². The maximum absolute atomic E-state index is 13.3. The van der Waals surface area contributed by atoms with E-state index in [2.05, 4.69) is 0 Å². The molecule has 0 unspecified atom stereocenters. The number of carbonyl (C=O) groups is 1. The van der Waals surface area contributed by atoms with Crippen molar-refractivity contribution in [2.45, 2.75) is 37.8 Å². The third-order valence-electron chi connectivity index (χ3n) is 3.93. The molecule has 1 saturated heterocycles. The first-order valence-corrected chi connectivity index (χ1v) is 7.02. The molecule has 1 aliphatic carbocycles. The van der Waals surface area contributed by atoms with E-state index in [1.165, 1.54) is 6.07 Å². The second kappa shape index (κ2) is 5.48. The van der Waals surface area contributed by atoms with Crippen LogP contribution in [-0.4, -0.2) is 36.1 Å². The van der Waals surface area contributed by atoms with Gasteiger partial charge in [0.2, 0.25) is 0 Å².